The van der Waals surface area contributed by atoms with Crippen molar-refractivity contribution >= 4 is 23.5 Å². The summed E-state index contributed by atoms with van der Waals surface area (Å²) in [4.78, 5) is 28.0. The van der Waals surface area contributed by atoms with E-state index in [1.54, 1.807) is 20.8 Å². The van der Waals surface area contributed by atoms with E-state index in [1.807, 2.05) is 42.7 Å². The molecule has 2 heterocycles. The van der Waals surface area contributed by atoms with Crippen LogP contribution >= 0.6 is 11.8 Å². The van der Waals surface area contributed by atoms with Crippen LogP contribution in [0.25, 0.3) is 5.69 Å². The predicted molar refractivity (Wildman–Crippen MR) is 112 cm³/mol. The summed E-state index contributed by atoms with van der Waals surface area (Å²) in [7, 11) is 0. The van der Waals surface area contributed by atoms with E-state index in [1.165, 1.54) is 11.8 Å². The number of aromatic amines is 1. The molecule has 0 unspecified atom stereocenters. The van der Waals surface area contributed by atoms with Gasteiger partial charge in [0.25, 0.3) is 0 Å². The van der Waals surface area contributed by atoms with Crippen molar-refractivity contribution in [3.63, 3.8) is 0 Å². The Morgan fingerprint density at radius 3 is 2.55 bits per heavy atom. The van der Waals surface area contributed by atoms with E-state index >= 15 is 0 Å². The Bertz CT molecular complexity index is 1070. The first-order valence-electron chi connectivity index (χ1n) is 9.35. The summed E-state index contributed by atoms with van der Waals surface area (Å²) in [6, 6.07) is 7.97. The number of para-hydroxylation sites is 1. The van der Waals surface area contributed by atoms with Gasteiger partial charge in [0.2, 0.25) is 0 Å². The fourth-order valence-electron chi connectivity index (χ4n) is 3.31. The van der Waals surface area contributed by atoms with Gasteiger partial charge in [0.05, 0.1) is 18.0 Å². The lowest BCUT2D eigenvalue weighted by Gasteiger charge is -2.11. The van der Waals surface area contributed by atoms with Crippen molar-refractivity contribution in [1.29, 1.82) is 0 Å². The summed E-state index contributed by atoms with van der Waals surface area (Å²) in [5, 5.41) is 9.08. The minimum atomic E-state index is -0.449. The number of hydrogen-bond acceptors (Lipinski definition) is 6. The molecule has 0 radical (unpaired) electrons. The molecular weight excluding hydrogens is 388 g/mol. The van der Waals surface area contributed by atoms with Gasteiger partial charge in [-0.1, -0.05) is 30.0 Å². The quantitative estimate of drug-likeness (QED) is 0.359. The molecule has 0 aliphatic rings. The number of benzene rings is 1. The van der Waals surface area contributed by atoms with E-state index in [2.05, 4.69) is 15.2 Å². The minimum absolute atomic E-state index is 0.0752. The molecule has 3 rings (SSSR count). The number of hydrogen-bond donors (Lipinski definition) is 1. The average Bonchev–Trinajstić information content (AvgIpc) is 3.19. The standard InChI is InChI=1S/C21H24N4O3S/c1-6-28-20(27)19-13(3)18(14(4)22-19)17(26)11-29-21-24-23-15(5)25(21)16-10-8-7-9-12(16)2/h7-10,22H,6,11H2,1-5H3. The molecule has 0 aliphatic carbocycles. The van der Waals surface area contributed by atoms with Crippen LogP contribution in [-0.2, 0) is 4.74 Å². The van der Waals surface area contributed by atoms with Gasteiger partial charge in [-0.25, -0.2) is 4.79 Å². The predicted octanol–water partition coefficient (Wildman–Crippen LogP) is 3.98. The van der Waals surface area contributed by atoms with Crippen LogP contribution in [0.1, 0.15) is 50.4 Å². The van der Waals surface area contributed by atoms with Gasteiger partial charge in [0, 0.05) is 11.3 Å². The summed E-state index contributed by atoms with van der Waals surface area (Å²) < 4.78 is 7.01. The third-order valence-corrected chi connectivity index (χ3v) is 5.61. The van der Waals surface area contributed by atoms with Crippen LogP contribution in [0.2, 0.25) is 0 Å². The van der Waals surface area contributed by atoms with Gasteiger partial charge in [0.1, 0.15) is 11.5 Å². The number of H-pyrrole nitrogens is 1. The number of aromatic nitrogens is 4. The monoisotopic (exact) mass is 412 g/mol. The Labute approximate surface area is 173 Å². The molecular formula is C21H24N4O3S. The number of thioether (sulfide) groups is 1. The molecule has 0 atom stereocenters. The van der Waals surface area contributed by atoms with Crippen LogP contribution in [0.4, 0.5) is 0 Å². The lowest BCUT2D eigenvalue weighted by molar-refractivity contribution is 0.0519. The normalized spacial score (nSPS) is 10.9. The van der Waals surface area contributed by atoms with Gasteiger partial charge >= 0.3 is 5.97 Å². The van der Waals surface area contributed by atoms with Crippen molar-refractivity contribution < 1.29 is 14.3 Å². The molecule has 29 heavy (non-hydrogen) atoms. The molecule has 0 bridgehead atoms. The second kappa shape index (κ2) is 8.65. The Hall–Kier alpha value is -2.87. The lowest BCUT2D eigenvalue weighted by atomic mass is 10.1. The second-order valence-corrected chi connectivity index (χ2v) is 7.65. The third kappa shape index (κ3) is 4.12. The first-order chi connectivity index (χ1) is 13.8. The molecule has 8 heteroatoms. The van der Waals surface area contributed by atoms with Gasteiger partial charge < -0.3 is 9.72 Å². The maximum absolute atomic E-state index is 12.9. The van der Waals surface area contributed by atoms with Crippen molar-refractivity contribution in [1.82, 2.24) is 19.7 Å². The molecule has 2 aromatic heterocycles. The highest BCUT2D eigenvalue weighted by Crippen LogP contribution is 2.26. The summed E-state index contributed by atoms with van der Waals surface area (Å²) in [6.45, 7) is 9.48. The average molecular weight is 413 g/mol. The minimum Gasteiger partial charge on any atom is -0.461 e. The molecule has 1 aromatic carbocycles. The number of nitrogens with one attached hydrogen (secondary N) is 1. The van der Waals surface area contributed by atoms with E-state index in [0.717, 1.165) is 17.1 Å². The van der Waals surface area contributed by atoms with E-state index < -0.39 is 5.97 Å². The SMILES string of the molecule is CCOC(=O)c1[nH]c(C)c(C(=O)CSc2nnc(C)n2-c2ccccc2C)c1C. The number of rotatable bonds is 7. The maximum atomic E-state index is 12.9. The molecule has 0 saturated heterocycles. The van der Waals surface area contributed by atoms with Crippen LogP contribution in [0.5, 0.6) is 0 Å². The largest absolute Gasteiger partial charge is 0.461 e. The van der Waals surface area contributed by atoms with Gasteiger partial charge in [-0.3, -0.25) is 9.36 Å². The Kier molecular flexibility index (Phi) is 6.22. The van der Waals surface area contributed by atoms with Gasteiger partial charge in [-0.2, -0.15) is 0 Å². The molecule has 7 nitrogen and oxygen atoms in total. The van der Waals surface area contributed by atoms with E-state index in [0.29, 0.717) is 27.7 Å². The number of esters is 1. The van der Waals surface area contributed by atoms with Crippen LogP contribution in [0, 0.1) is 27.7 Å². The second-order valence-electron chi connectivity index (χ2n) is 6.71. The molecule has 0 amide bonds. The number of ether oxygens (including phenoxy) is 1. The molecule has 0 aliphatic heterocycles. The van der Waals surface area contributed by atoms with E-state index in [4.69, 9.17) is 4.74 Å². The number of carbonyl (C=O) groups is 2. The van der Waals surface area contributed by atoms with Gasteiger partial charge in [0.15, 0.2) is 10.9 Å². The number of nitrogens with zero attached hydrogens (tertiary/aromatic N) is 3. The highest BCUT2D eigenvalue weighted by molar-refractivity contribution is 7.99. The Morgan fingerprint density at radius 2 is 1.86 bits per heavy atom. The van der Waals surface area contributed by atoms with Crippen molar-refractivity contribution in [2.75, 3.05) is 12.4 Å². The molecule has 3 aromatic rings. The Morgan fingerprint density at radius 1 is 1.14 bits per heavy atom. The van der Waals surface area contributed by atoms with Crippen LogP contribution in [-0.4, -0.2) is 43.9 Å². The van der Waals surface area contributed by atoms with Gasteiger partial charge in [-0.05, 0) is 51.8 Å². The zero-order chi connectivity index (χ0) is 21.1. The Balaban J connectivity index is 1.83. The zero-order valence-electron chi connectivity index (χ0n) is 17.2. The molecule has 1 N–H and O–H groups in total. The fourth-order valence-corrected chi connectivity index (χ4v) is 4.17. The van der Waals surface area contributed by atoms with Crippen molar-refractivity contribution in [3.8, 4) is 5.69 Å². The number of carbonyl (C=O) groups excluding carboxylic acids is 2. The van der Waals surface area contributed by atoms with Crippen LogP contribution in [0.3, 0.4) is 0 Å². The number of Topliss-reactive ketones (excluding diaryl/α,β-unsaturated/α-hetero) is 1. The summed E-state index contributed by atoms with van der Waals surface area (Å²) in [5.74, 6) is 0.419. The smallest absolute Gasteiger partial charge is 0.355 e. The first-order valence-corrected chi connectivity index (χ1v) is 10.3. The van der Waals surface area contributed by atoms with E-state index in [9.17, 15) is 9.59 Å². The highest BCUT2D eigenvalue weighted by Gasteiger charge is 2.23. The summed E-state index contributed by atoms with van der Waals surface area (Å²) in [6.07, 6.45) is 0. The fraction of sp³-hybridized carbons (Fsp3) is 0.333. The van der Waals surface area contributed by atoms with Crippen LogP contribution < -0.4 is 0 Å². The topological polar surface area (TPSA) is 89.9 Å². The highest BCUT2D eigenvalue weighted by atomic mass is 32.2. The van der Waals surface area contributed by atoms with Crippen molar-refractivity contribution in [2.45, 2.75) is 39.8 Å². The molecule has 0 spiro atoms. The van der Waals surface area contributed by atoms with Crippen molar-refractivity contribution in [3.05, 3.63) is 58.2 Å². The summed E-state index contributed by atoms with van der Waals surface area (Å²) in [5.41, 5.74) is 4.22. The lowest BCUT2D eigenvalue weighted by Crippen LogP contribution is -2.09. The first kappa shape index (κ1) is 20.9. The van der Waals surface area contributed by atoms with E-state index in [-0.39, 0.29) is 18.1 Å². The van der Waals surface area contributed by atoms with Crippen LogP contribution in [0.15, 0.2) is 29.4 Å². The maximum Gasteiger partial charge on any atom is 0.355 e. The molecule has 0 fully saturated rings. The molecule has 0 saturated carbocycles. The third-order valence-electron chi connectivity index (χ3n) is 4.68. The van der Waals surface area contributed by atoms with Gasteiger partial charge in [-0.15, -0.1) is 10.2 Å². The number of aryl methyl sites for hydroxylation is 3. The summed E-state index contributed by atoms with van der Waals surface area (Å²) >= 11 is 1.33. The number of ketones is 1. The molecule has 152 valence electrons. The zero-order valence-corrected chi connectivity index (χ0v) is 18.0. The van der Waals surface area contributed by atoms with Crippen molar-refractivity contribution in [2.24, 2.45) is 0 Å².